The summed E-state index contributed by atoms with van der Waals surface area (Å²) in [4.78, 5) is 4.19. The number of nitrogens with two attached hydrogens (primary N) is 1. The molecule has 1 aliphatic rings. The summed E-state index contributed by atoms with van der Waals surface area (Å²) in [6, 6.07) is 0. The molecule has 0 radical (unpaired) electrons. The Bertz CT molecular complexity index is 562. The molecule has 0 unspecified atom stereocenters. The predicted octanol–water partition coefficient (Wildman–Crippen LogP) is 0.435. The van der Waals surface area contributed by atoms with Crippen LogP contribution in [0.1, 0.15) is 26.1 Å². The Balaban J connectivity index is 2.27. The fourth-order valence-corrected chi connectivity index (χ4v) is 3.85. The summed E-state index contributed by atoms with van der Waals surface area (Å²) in [7, 11) is -1.89. The minimum absolute atomic E-state index is 0.240. The van der Waals surface area contributed by atoms with E-state index in [0.717, 1.165) is 25.2 Å². The molecule has 1 aromatic heterocycles. The summed E-state index contributed by atoms with van der Waals surface area (Å²) in [5, 5.41) is 0.301. The van der Waals surface area contributed by atoms with Crippen molar-refractivity contribution in [1.29, 1.82) is 0 Å². The molecule has 108 valence electrons. The quantitative estimate of drug-likeness (QED) is 0.851. The molecule has 0 saturated carbocycles. The van der Waals surface area contributed by atoms with Crippen LogP contribution in [-0.2, 0) is 23.0 Å². The number of hydrogen-bond acceptors (Lipinski definition) is 4. The summed E-state index contributed by atoms with van der Waals surface area (Å²) in [5.74, 6) is 0.866. The van der Waals surface area contributed by atoms with E-state index in [1.165, 1.54) is 10.5 Å². The number of rotatable bonds is 5. The predicted molar refractivity (Wildman–Crippen MR) is 73.2 cm³/mol. The monoisotopic (exact) mass is 286 g/mol. The first-order valence-electron chi connectivity index (χ1n) is 6.49. The maximum absolute atomic E-state index is 12.6. The number of sulfonamides is 1. The lowest BCUT2D eigenvalue weighted by Gasteiger charge is -2.28. The van der Waals surface area contributed by atoms with E-state index in [1.807, 2.05) is 13.8 Å². The van der Waals surface area contributed by atoms with Gasteiger partial charge in [-0.05, 0) is 18.4 Å². The SMILES string of the molecule is CN(CC(C)(C)CN)S(=O)(=O)c1cnc2n1CCC2. The molecule has 0 fully saturated rings. The highest BCUT2D eigenvalue weighted by Crippen LogP contribution is 2.24. The van der Waals surface area contributed by atoms with Crippen molar-refractivity contribution in [3.63, 3.8) is 0 Å². The molecule has 2 heterocycles. The highest BCUT2D eigenvalue weighted by atomic mass is 32.2. The third kappa shape index (κ3) is 2.68. The molecule has 2 rings (SSSR count). The van der Waals surface area contributed by atoms with E-state index in [4.69, 9.17) is 5.73 Å². The lowest BCUT2D eigenvalue weighted by atomic mass is 9.94. The Kier molecular flexibility index (Phi) is 3.72. The number of aryl methyl sites for hydroxylation is 1. The van der Waals surface area contributed by atoms with Crippen molar-refractivity contribution in [3.8, 4) is 0 Å². The van der Waals surface area contributed by atoms with Crippen molar-refractivity contribution in [2.24, 2.45) is 11.1 Å². The normalized spacial score (nSPS) is 16.1. The summed E-state index contributed by atoms with van der Waals surface area (Å²) in [6.07, 6.45) is 3.28. The summed E-state index contributed by atoms with van der Waals surface area (Å²) < 4.78 is 28.3. The van der Waals surface area contributed by atoms with Crippen molar-refractivity contribution in [1.82, 2.24) is 13.9 Å². The van der Waals surface area contributed by atoms with Crippen molar-refractivity contribution < 1.29 is 8.42 Å². The fourth-order valence-electron chi connectivity index (χ4n) is 2.35. The van der Waals surface area contributed by atoms with Gasteiger partial charge in [-0.1, -0.05) is 13.8 Å². The van der Waals surface area contributed by atoms with Crippen molar-refractivity contribution in [3.05, 3.63) is 12.0 Å². The van der Waals surface area contributed by atoms with Crippen LogP contribution in [-0.4, -0.2) is 42.4 Å². The number of nitrogens with zero attached hydrogens (tertiary/aromatic N) is 3. The molecule has 1 aromatic rings. The molecule has 0 bridgehead atoms. The van der Waals surface area contributed by atoms with Gasteiger partial charge in [0.2, 0.25) is 0 Å². The molecule has 0 aliphatic carbocycles. The molecule has 0 saturated heterocycles. The molecule has 19 heavy (non-hydrogen) atoms. The van der Waals surface area contributed by atoms with E-state index in [-0.39, 0.29) is 5.41 Å². The van der Waals surface area contributed by atoms with Gasteiger partial charge < -0.3 is 10.3 Å². The molecule has 1 aliphatic heterocycles. The lowest BCUT2D eigenvalue weighted by molar-refractivity contribution is 0.291. The smallest absolute Gasteiger partial charge is 0.260 e. The van der Waals surface area contributed by atoms with E-state index in [1.54, 1.807) is 11.6 Å². The topological polar surface area (TPSA) is 81.2 Å². The maximum atomic E-state index is 12.6. The fraction of sp³-hybridized carbons (Fsp3) is 0.750. The summed E-state index contributed by atoms with van der Waals surface area (Å²) in [5.41, 5.74) is 5.43. The zero-order chi connectivity index (χ0) is 14.3. The standard InChI is InChI=1S/C12H22N4O2S/c1-12(2,8-13)9-15(3)19(17,18)11-7-14-10-5-4-6-16(10)11/h7H,4-6,8-9,13H2,1-3H3. The molecule has 7 heteroatoms. The Hall–Kier alpha value is -0.920. The van der Waals surface area contributed by atoms with Crippen LogP contribution < -0.4 is 5.73 Å². The zero-order valence-corrected chi connectivity index (χ0v) is 12.6. The van der Waals surface area contributed by atoms with Crippen LogP contribution >= 0.6 is 0 Å². The number of aromatic nitrogens is 2. The average molecular weight is 286 g/mol. The third-order valence-electron chi connectivity index (χ3n) is 3.56. The second-order valence-electron chi connectivity index (χ2n) is 5.90. The minimum Gasteiger partial charge on any atom is -0.330 e. The molecule has 0 amide bonds. The van der Waals surface area contributed by atoms with Crippen LogP contribution in [0.2, 0.25) is 0 Å². The number of fused-ring (bicyclic) bond motifs is 1. The highest BCUT2D eigenvalue weighted by molar-refractivity contribution is 7.89. The van der Waals surface area contributed by atoms with Crippen molar-refractivity contribution >= 4 is 10.0 Å². The van der Waals surface area contributed by atoms with Crippen LogP contribution in [0.3, 0.4) is 0 Å². The van der Waals surface area contributed by atoms with Crippen LogP contribution in [0, 0.1) is 5.41 Å². The first-order chi connectivity index (χ1) is 8.78. The number of hydrogen-bond donors (Lipinski definition) is 1. The van der Waals surface area contributed by atoms with Crippen LogP contribution in [0.25, 0.3) is 0 Å². The Morgan fingerprint density at radius 3 is 2.84 bits per heavy atom. The van der Waals surface area contributed by atoms with Gasteiger partial charge in [0.15, 0.2) is 5.03 Å². The van der Waals surface area contributed by atoms with E-state index in [0.29, 0.717) is 18.1 Å². The first kappa shape index (κ1) is 14.5. The molecular formula is C12H22N4O2S. The maximum Gasteiger partial charge on any atom is 0.260 e. The van der Waals surface area contributed by atoms with E-state index in [2.05, 4.69) is 4.98 Å². The Labute approximate surface area is 114 Å². The molecule has 2 N–H and O–H groups in total. The zero-order valence-electron chi connectivity index (χ0n) is 11.8. The highest BCUT2D eigenvalue weighted by Gasteiger charge is 2.31. The van der Waals surface area contributed by atoms with Crippen LogP contribution in [0.5, 0.6) is 0 Å². The first-order valence-corrected chi connectivity index (χ1v) is 7.93. The van der Waals surface area contributed by atoms with Gasteiger partial charge >= 0.3 is 0 Å². The van der Waals surface area contributed by atoms with Gasteiger partial charge in [-0.2, -0.15) is 4.31 Å². The molecule has 6 nitrogen and oxygen atoms in total. The molecule has 0 aromatic carbocycles. The van der Waals surface area contributed by atoms with Gasteiger partial charge in [-0.15, -0.1) is 0 Å². The van der Waals surface area contributed by atoms with Gasteiger partial charge in [-0.25, -0.2) is 13.4 Å². The minimum atomic E-state index is -3.49. The molecular weight excluding hydrogens is 264 g/mol. The van der Waals surface area contributed by atoms with Gasteiger partial charge in [-0.3, -0.25) is 0 Å². The van der Waals surface area contributed by atoms with Crippen molar-refractivity contribution in [2.45, 2.75) is 38.3 Å². The van der Waals surface area contributed by atoms with Gasteiger partial charge in [0.25, 0.3) is 10.0 Å². The van der Waals surface area contributed by atoms with Crippen LogP contribution in [0.4, 0.5) is 0 Å². The Morgan fingerprint density at radius 2 is 2.21 bits per heavy atom. The summed E-state index contributed by atoms with van der Waals surface area (Å²) in [6.45, 7) is 5.49. The third-order valence-corrected chi connectivity index (χ3v) is 5.37. The molecule has 0 spiro atoms. The molecule has 0 atom stereocenters. The summed E-state index contributed by atoms with van der Waals surface area (Å²) >= 11 is 0. The van der Waals surface area contributed by atoms with Crippen molar-refractivity contribution in [2.75, 3.05) is 20.1 Å². The lowest BCUT2D eigenvalue weighted by Crippen LogP contribution is -2.40. The Morgan fingerprint density at radius 1 is 1.53 bits per heavy atom. The average Bonchev–Trinajstić information content (AvgIpc) is 2.89. The van der Waals surface area contributed by atoms with E-state index >= 15 is 0 Å². The van der Waals surface area contributed by atoms with Gasteiger partial charge in [0.1, 0.15) is 5.82 Å². The van der Waals surface area contributed by atoms with Gasteiger partial charge in [0.05, 0.1) is 6.20 Å². The van der Waals surface area contributed by atoms with Gasteiger partial charge in [0, 0.05) is 26.6 Å². The van der Waals surface area contributed by atoms with E-state index < -0.39 is 10.0 Å². The van der Waals surface area contributed by atoms with E-state index in [9.17, 15) is 8.42 Å². The second kappa shape index (κ2) is 4.88. The number of imidazole rings is 1. The second-order valence-corrected chi connectivity index (χ2v) is 7.89. The largest absolute Gasteiger partial charge is 0.330 e. The van der Waals surface area contributed by atoms with Crippen LogP contribution in [0.15, 0.2) is 11.2 Å².